The van der Waals surface area contributed by atoms with Crippen LogP contribution in [0.1, 0.15) is 5.69 Å². The molecule has 0 aliphatic rings. The van der Waals surface area contributed by atoms with E-state index in [1.807, 2.05) is 24.3 Å². The zero-order valence-electron chi connectivity index (χ0n) is 10.8. The van der Waals surface area contributed by atoms with Gasteiger partial charge in [-0.25, -0.2) is 9.37 Å². The maximum atomic E-state index is 13.3. The molecule has 21 heavy (non-hydrogen) atoms. The summed E-state index contributed by atoms with van der Waals surface area (Å²) in [6.45, 7) is 0.441. The molecule has 3 rings (SSSR count). The number of aromatic nitrogens is 2. The fourth-order valence-corrected chi connectivity index (χ4v) is 2.42. The summed E-state index contributed by atoms with van der Waals surface area (Å²) in [5.41, 5.74) is 3.06. The lowest BCUT2D eigenvalue weighted by Crippen LogP contribution is -2.03. The standard InChI is InChI=1S/C15H10Cl2FN3/c16-11-5-9(6-12(17)15(11)18)19-7-10-8-20-13-3-1-2-4-14(13)21-10/h1-6,8,19H,7H2. The number of benzene rings is 2. The molecule has 0 bridgehead atoms. The lowest BCUT2D eigenvalue weighted by molar-refractivity contribution is 0.629. The van der Waals surface area contributed by atoms with E-state index >= 15 is 0 Å². The fourth-order valence-electron chi connectivity index (χ4n) is 1.93. The molecule has 0 aliphatic heterocycles. The summed E-state index contributed by atoms with van der Waals surface area (Å²) in [6, 6.07) is 10.6. The van der Waals surface area contributed by atoms with E-state index in [-0.39, 0.29) is 10.0 Å². The normalized spacial score (nSPS) is 10.8. The van der Waals surface area contributed by atoms with Gasteiger partial charge < -0.3 is 5.32 Å². The molecule has 0 saturated heterocycles. The zero-order chi connectivity index (χ0) is 14.8. The molecule has 0 unspecified atom stereocenters. The molecule has 0 amide bonds. The summed E-state index contributed by atoms with van der Waals surface area (Å²) in [5, 5.41) is 3.06. The second-order valence-corrected chi connectivity index (χ2v) is 5.27. The molecule has 0 saturated carbocycles. The largest absolute Gasteiger partial charge is 0.379 e. The summed E-state index contributed by atoms with van der Waals surface area (Å²) in [7, 11) is 0. The fraction of sp³-hybridized carbons (Fsp3) is 0.0667. The van der Waals surface area contributed by atoms with E-state index in [2.05, 4.69) is 15.3 Å². The number of nitrogens with one attached hydrogen (secondary N) is 1. The van der Waals surface area contributed by atoms with Crippen molar-refractivity contribution in [3.63, 3.8) is 0 Å². The minimum atomic E-state index is -0.616. The van der Waals surface area contributed by atoms with Crippen LogP contribution in [-0.2, 0) is 6.54 Å². The highest BCUT2D eigenvalue weighted by Crippen LogP contribution is 2.27. The van der Waals surface area contributed by atoms with Crippen LogP contribution >= 0.6 is 23.2 Å². The van der Waals surface area contributed by atoms with Crippen LogP contribution in [0.4, 0.5) is 10.1 Å². The van der Waals surface area contributed by atoms with Crippen LogP contribution < -0.4 is 5.32 Å². The topological polar surface area (TPSA) is 37.8 Å². The van der Waals surface area contributed by atoms with Crippen LogP contribution in [0.3, 0.4) is 0 Å². The average Bonchev–Trinajstić information content (AvgIpc) is 2.50. The van der Waals surface area contributed by atoms with Gasteiger partial charge in [-0.1, -0.05) is 35.3 Å². The summed E-state index contributed by atoms with van der Waals surface area (Å²) < 4.78 is 13.3. The molecule has 3 nitrogen and oxygen atoms in total. The van der Waals surface area contributed by atoms with Crippen molar-refractivity contribution in [1.82, 2.24) is 9.97 Å². The first-order chi connectivity index (χ1) is 10.1. The van der Waals surface area contributed by atoms with Crippen molar-refractivity contribution in [2.75, 3.05) is 5.32 Å². The Labute approximate surface area is 130 Å². The highest BCUT2D eigenvalue weighted by molar-refractivity contribution is 6.35. The zero-order valence-corrected chi connectivity index (χ0v) is 12.3. The SMILES string of the molecule is Fc1c(Cl)cc(NCc2cnc3ccccc3n2)cc1Cl. The summed E-state index contributed by atoms with van der Waals surface area (Å²) in [4.78, 5) is 8.82. The van der Waals surface area contributed by atoms with E-state index in [9.17, 15) is 4.39 Å². The number of fused-ring (bicyclic) bond motifs is 1. The Hall–Kier alpha value is -1.91. The smallest absolute Gasteiger partial charge is 0.160 e. The molecule has 1 heterocycles. The third kappa shape index (κ3) is 3.06. The summed E-state index contributed by atoms with van der Waals surface area (Å²) in [5.74, 6) is -0.616. The van der Waals surface area contributed by atoms with Gasteiger partial charge in [-0.15, -0.1) is 0 Å². The van der Waals surface area contributed by atoms with Gasteiger partial charge in [0.15, 0.2) is 5.82 Å². The molecule has 2 aromatic carbocycles. The Morgan fingerprint density at radius 1 is 1.05 bits per heavy atom. The number of nitrogens with zero attached hydrogens (tertiary/aromatic N) is 2. The van der Waals surface area contributed by atoms with Gasteiger partial charge in [0.1, 0.15) is 0 Å². The summed E-state index contributed by atoms with van der Waals surface area (Å²) >= 11 is 11.5. The quantitative estimate of drug-likeness (QED) is 0.711. The highest BCUT2D eigenvalue weighted by atomic mass is 35.5. The van der Waals surface area contributed by atoms with Crippen LogP contribution in [0.5, 0.6) is 0 Å². The van der Waals surface area contributed by atoms with E-state index < -0.39 is 5.82 Å². The molecule has 0 atom stereocenters. The van der Waals surface area contributed by atoms with Gasteiger partial charge in [0.25, 0.3) is 0 Å². The van der Waals surface area contributed by atoms with Crippen LogP contribution in [0.2, 0.25) is 10.0 Å². The van der Waals surface area contributed by atoms with Crippen molar-refractivity contribution in [1.29, 1.82) is 0 Å². The maximum Gasteiger partial charge on any atom is 0.160 e. The van der Waals surface area contributed by atoms with Gasteiger partial charge in [0.05, 0.1) is 39.5 Å². The molecule has 0 radical (unpaired) electrons. The van der Waals surface area contributed by atoms with Crippen molar-refractivity contribution in [3.8, 4) is 0 Å². The minimum absolute atomic E-state index is 0.0189. The summed E-state index contributed by atoms with van der Waals surface area (Å²) in [6.07, 6.45) is 1.70. The highest BCUT2D eigenvalue weighted by Gasteiger charge is 2.07. The third-order valence-electron chi connectivity index (χ3n) is 2.96. The first-order valence-electron chi connectivity index (χ1n) is 6.22. The number of hydrogen-bond donors (Lipinski definition) is 1. The second kappa shape index (κ2) is 5.84. The van der Waals surface area contributed by atoms with Gasteiger partial charge in [0.2, 0.25) is 0 Å². The van der Waals surface area contributed by atoms with Gasteiger partial charge in [-0.05, 0) is 24.3 Å². The van der Waals surface area contributed by atoms with Crippen molar-refractivity contribution in [2.24, 2.45) is 0 Å². The number of halogens is 3. The van der Waals surface area contributed by atoms with Gasteiger partial charge in [0, 0.05) is 5.69 Å². The van der Waals surface area contributed by atoms with E-state index in [0.717, 1.165) is 16.7 Å². The van der Waals surface area contributed by atoms with Crippen LogP contribution in [0.15, 0.2) is 42.6 Å². The second-order valence-electron chi connectivity index (χ2n) is 4.46. The Morgan fingerprint density at radius 2 is 1.71 bits per heavy atom. The molecule has 3 aromatic rings. The molecular formula is C15H10Cl2FN3. The molecule has 6 heteroatoms. The predicted octanol–water partition coefficient (Wildman–Crippen LogP) is 4.69. The van der Waals surface area contributed by atoms with E-state index in [0.29, 0.717) is 12.2 Å². The number of anilines is 1. The average molecular weight is 322 g/mol. The Kier molecular flexibility index (Phi) is 3.90. The van der Waals surface area contributed by atoms with E-state index in [1.54, 1.807) is 6.20 Å². The molecule has 106 valence electrons. The number of rotatable bonds is 3. The molecular weight excluding hydrogens is 312 g/mol. The van der Waals surface area contributed by atoms with Crippen molar-refractivity contribution in [2.45, 2.75) is 6.54 Å². The minimum Gasteiger partial charge on any atom is -0.379 e. The lowest BCUT2D eigenvalue weighted by atomic mass is 10.3. The Morgan fingerprint density at radius 3 is 2.43 bits per heavy atom. The maximum absolute atomic E-state index is 13.3. The molecule has 0 fully saturated rings. The van der Waals surface area contributed by atoms with Crippen LogP contribution in [-0.4, -0.2) is 9.97 Å². The van der Waals surface area contributed by atoms with Gasteiger partial charge in [-0.2, -0.15) is 0 Å². The van der Waals surface area contributed by atoms with Gasteiger partial charge >= 0.3 is 0 Å². The van der Waals surface area contributed by atoms with Crippen LogP contribution in [0.25, 0.3) is 11.0 Å². The molecule has 1 N–H and O–H groups in total. The monoisotopic (exact) mass is 321 g/mol. The lowest BCUT2D eigenvalue weighted by Gasteiger charge is -2.08. The Bertz CT molecular complexity index is 785. The first-order valence-corrected chi connectivity index (χ1v) is 6.98. The number of hydrogen-bond acceptors (Lipinski definition) is 3. The Balaban J connectivity index is 1.80. The predicted molar refractivity (Wildman–Crippen MR) is 83.3 cm³/mol. The van der Waals surface area contributed by atoms with Crippen molar-refractivity contribution >= 4 is 39.9 Å². The third-order valence-corrected chi connectivity index (χ3v) is 3.51. The van der Waals surface area contributed by atoms with Crippen molar-refractivity contribution in [3.05, 3.63) is 64.2 Å². The molecule has 1 aromatic heterocycles. The van der Waals surface area contributed by atoms with Crippen LogP contribution in [0, 0.1) is 5.82 Å². The number of para-hydroxylation sites is 2. The van der Waals surface area contributed by atoms with Crippen molar-refractivity contribution < 1.29 is 4.39 Å². The molecule has 0 aliphatic carbocycles. The van der Waals surface area contributed by atoms with E-state index in [4.69, 9.17) is 23.2 Å². The molecule has 0 spiro atoms. The van der Waals surface area contributed by atoms with E-state index in [1.165, 1.54) is 12.1 Å². The first kappa shape index (κ1) is 14.0. The van der Waals surface area contributed by atoms with Gasteiger partial charge in [-0.3, -0.25) is 4.98 Å².